The van der Waals surface area contributed by atoms with Crippen molar-refractivity contribution in [3.05, 3.63) is 0 Å². The normalized spacial score (nSPS) is 17.6. The number of rotatable bonds is 34. The highest BCUT2D eigenvalue weighted by Crippen LogP contribution is 2.39. The Morgan fingerprint density at radius 1 is 0.608 bits per heavy atom. The monoisotopic (exact) mass is 726 g/mol. The first-order chi connectivity index (χ1) is 24.8. The minimum Gasteiger partial charge on any atom is -0.464 e. The third kappa shape index (κ3) is 22.2. The molecule has 0 aromatic carbocycles. The Balaban J connectivity index is 2.55. The van der Waals surface area contributed by atoms with E-state index in [0.29, 0.717) is 45.4 Å². The number of carbonyl (C=O) groups is 3. The van der Waals surface area contributed by atoms with E-state index in [-0.39, 0.29) is 19.0 Å². The highest BCUT2D eigenvalue weighted by atomic mass is 17.2. The Bertz CT molecular complexity index is 852. The quantitative estimate of drug-likeness (QED) is 0.0211. The van der Waals surface area contributed by atoms with Crippen LogP contribution in [0.1, 0.15) is 201 Å². The molecule has 0 bridgehead atoms. The van der Waals surface area contributed by atoms with Crippen LogP contribution in [0.3, 0.4) is 0 Å². The summed E-state index contributed by atoms with van der Waals surface area (Å²) in [6.07, 6.45) is 27.0. The van der Waals surface area contributed by atoms with Crippen molar-refractivity contribution >= 4 is 17.9 Å². The number of likely N-dealkylation sites (tertiary alicyclic amines) is 1. The molecule has 9 heteroatoms. The molecule has 1 rings (SSSR count). The summed E-state index contributed by atoms with van der Waals surface area (Å²) in [5.74, 6) is -2.00. The summed E-state index contributed by atoms with van der Waals surface area (Å²) in [4.78, 5) is 51.1. The average Bonchev–Trinajstić information content (AvgIpc) is 3.45. The summed E-state index contributed by atoms with van der Waals surface area (Å²) < 4.78 is 17.9. The fraction of sp³-hybridized carbons (Fsp3) is 0.929. The smallest absolute Gasteiger partial charge is 0.360 e. The van der Waals surface area contributed by atoms with E-state index >= 15 is 0 Å². The number of nitrogens with zero attached hydrogens (tertiary/aromatic N) is 1. The van der Waals surface area contributed by atoms with Gasteiger partial charge in [0.25, 0.3) is 0 Å². The number of carbonyl (C=O) groups excluding carboxylic acids is 3. The Hall–Kier alpha value is -1.71. The van der Waals surface area contributed by atoms with Gasteiger partial charge in [0.2, 0.25) is 0 Å². The summed E-state index contributed by atoms with van der Waals surface area (Å²) in [6.45, 7) is 10.7. The highest BCUT2D eigenvalue weighted by molar-refractivity contribution is 5.76. The lowest BCUT2D eigenvalue weighted by atomic mass is 9.81. The summed E-state index contributed by atoms with van der Waals surface area (Å²) in [6, 6.07) is 0. The van der Waals surface area contributed by atoms with Crippen LogP contribution in [0.2, 0.25) is 0 Å². The zero-order valence-electron chi connectivity index (χ0n) is 33.8. The standard InChI is InChI=1S/C42H79NO8/c1-6-10-13-16-19-20-21-22-25-28-38(44)49-36-42(32-9-4)37(31-33-43(42)5)41(46)51-50-39(45)29-30-40(47-34-26-23-17-14-11-7-2)48-35-27-24-18-15-12-8-3/h37,40H,6-36H2,1-5H3. The molecule has 2 unspecified atom stereocenters. The van der Waals surface area contributed by atoms with Crippen molar-refractivity contribution in [1.29, 1.82) is 0 Å². The molecule has 0 aromatic heterocycles. The molecular weight excluding hydrogens is 646 g/mol. The summed E-state index contributed by atoms with van der Waals surface area (Å²) in [5, 5.41) is 0. The molecule has 0 spiro atoms. The fourth-order valence-electron chi connectivity index (χ4n) is 7.19. The molecule has 51 heavy (non-hydrogen) atoms. The van der Waals surface area contributed by atoms with Gasteiger partial charge in [-0.25, -0.2) is 19.4 Å². The van der Waals surface area contributed by atoms with Crippen molar-refractivity contribution in [2.24, 2.45) is 5.92 Å². The molecule has 300 valence electrons. The van der Waals surface area contributed by atoms with Gasteiger partial charge in [-0.05, 0) is 45.7 Å². The fourth-order valence-corrected chi connectivity index (χ4v) is 7.19. The number of hydrogen-bond donors (Lipinski definition) is 0. The number of likely N-dealkylation sites (N-methyl/N-ethyl adjacent to an activating group) is 1. The van der Waals surface area contributed by atoms with E-state index in [2.05, 4.69) is 32.6 Å². The maximum atomic E-state index is 13.3. The molecule has 1 saturated heterocycles. The molecule has 0 amide bonds. The lowest BCUT2D eigenvalue weighted by Crippen LogP contribution is -2.52. The van der Waals surface area contributed by atoms with Crippen molar-refractivity contribution in [2.45, 2.75) is 213 Å². The molecule has 1 aliphatic rings. The van der Waals surface area contributed by atoms with Crippen LogP contribution in [0.5, 0.6) is 0 Å². The zero-order chi connectivity index (χ0) is 37.4. The maximum absolute atomic E-state index is 13.3. The molecule has 0 aliphatic carbocycles. The van der Waals surface area contributed by atoms with Crippen molar-refractivity contribution in [3.8, 4) is 0 Å². The molecule has 1 fully saturated rings. The second kappa shape index (κ2) is 31.8. The predicted octanol–water partition coefficient (Wildman–Crippen LogP) is 10.8. The second-order valence-corrected chi connectivity index (χ2v) is 15.0. The van der Waals surface area contributed by atoms with E-state index in [1.807, 2.05) is 7.05 Å². The summed E-state index contributed by atoms with van der Waals surface area (Å²) in [5.41, 5.74) is -0.688. The first-order valence-corrected chi connectivity index (χ1v) is 21.4. The van der Waals surface area contributed by atoms with Crippen molar-refractivity contribution in [2.75, 3.05) is 33.4 Å². The molecule has 1 aliphatic heterocycles. The molecule has 0 aromatic rings. The topological polar surface area (TPSA) is 101 Å². The van der Waals surface area contributed by atoms with Gasteiger partial charge in [-0.2, -0.15) is 0 Å². The van der Waals surface area contributed by atoms with Gasteiger partial charge in [0, 0.05) is 26.1 Å². The number of hydrogen-bond acceptors (Lipinski definition) is 9. The first kappa shape index (κ1) is 47.3. The van der Waals surface area contributed by atoms with Gasteiger partial charge in [-0.1, -0.05) is 150 Å². The average molecular weight is 726 g/mol. The van der Waals surface area contributed by atoms with E-state index in [1.54, 1.807) is 0 Å². The van der Waals surface area contributed by atoms with E-state index in [0.717, 1.165) is 51.4 Å². The molecule has 2 atom stereocenters. The van der Waals surface area contributed by atoms with Gasteiger partial charge in [0.05, 0.1) is 17.9 Å². The largest absolute Gasteiger partial charge is 0.464 e. The highest BCUT2D eigenvalue weighted by Gasteiger charge is 2.52. The van der Waals surface area contributed by atoms with Crippen LogP contribution in [0.15, 0.2) is 0 Å². The minimum absolute atomic E-state index is 0.0199. The number of esters is 1. The number of unbranched alkanes of at least 4 members (excludes halogenated alkanes) is 18. The Morgan fingerprint density at radius 3 is 1.61 bits per heavy atom. The summed E-state index contributed by atoms with van der Waals surface area (Å²) >= 11 is 0. The van der Waals surface area contributed by atoms with Gasteiger partial charge in [0.15, 0.2) is 6.29 Å². The van der Waals surface area contributed by atoms with Crippen LogP contribution in [0.4, 0.5) is 0 Å². The predicted molar refractivity (Wildman–Crippen MR) is 205 cm³/mol. The van der Waals surface area contributed by atoms with Crippen LogP contribution in [-0.4, -0.2) is 68.0 Å². The minimum atomic E-state index is -0.688. The SMILES string of the molecule is CCCCCCCCCCCC(=O)OCC1(CCC)C(C(=O)OOC(=O)CCC(OCCCCCCCC)OCCCCCCCC)CCN1C. The second-order valence-electron chi connectivity index (χ2n) is 15.0. The Kier molecular flexibility index (Phi) is 29.5. The van der Waals surface area contributed by atoms with Crippen LogP contribution >= 0.6 is 0 Å². The van der Waals surface area contributed by atoms with Crippen molar-refractivity contribution in [1.82, 2.24) is 4.90 Å². The van der Waals surface area contributed by atoms with E-state index in [4.69, 9.17) is 24.0 Å². The van der Waals surface area contributed by atoms with Crippen molar-refractivity contribution in [3.63, 3.8) is 0 Å². The molecule has 9 nitrogen and oxygen atoms in total. The lowest BCUT2D eigenvalue weighted by molar-refractivity contribution is -0.265. The third-order valence-electron chi connectivity index (χ3n) is 10.5. The van der Waals surface area contributed by atoms with Gasteiger partial charge in [0.1, 0.15) is 6.61 Å². The molecule has 1 heterocycles. The third-order valence-corrected chi connectivity index (χ3v) is 10.5. The van der Waals surface area contributed by atoms with Crippen molar-refractivity contribution < 1.29 is 38.4 Å². The Labute approximate surface area is 312 Å². The molecule has 0 N–H and O–H groups in total. The van der Waals surface area contributed by atoms with Gasteiger partial charge < -0.3 is 14.2 Å². The van der Waals surface area contributed by atoms with Gasteiger partial charge >= 0.3 is 17.9 Å². The summed E-state index contributed by atoms with van der Waals surface area (Å²) in [7, 11) is 1.96. The molecule has 0 saturated carbocycles. The lowest BCUT2D eigenvalue weighted by Gasteiger charge is -2.38. The molecular formula is C42H79NO8. The van der Waals surface area contributed by atoms with Crippen LogP contribution in [0.25, 0.3) is 0 Å². The number of ether oxygens (including phenoxy) is 3. The first-order valence-electron chi connectivity index (χ1n) is 21.4. The Morgan fingerprint density at radius 2 is 1.10 bits per heavy atom. The van der Waals surface area contributed by atoms with Crippen LogP contribution in [-0.2, 0) is 38.4 Å². The van der Waals surface area contributed by atoms with Gasteiger partial charge in [-0.3, -0.25) is 9.69 Å². The molecule has 0 radical (unpaired) electrons. The van der Waals surface area contributed by atoms with Crippen LogP contribution < -0.4 is 0 Å². The van der Waals surface area contributed by atoms with Crippen LogP contribution in [0, 0.1) is 5.92 Å². The zero-order valence-corrected chi connectivity index (χ0v) is 33.8. The maximum Gasteiger partial charge on any atom is 0.360 e. The van der Waals surface area contributed by atoms with E-state index in [9.17, 15) is 14.4 Å². The van der Waals surface area contributed by atoms with E-state index < -0.39 is 29.7 Å². The van der Waals surface area contributed by atoms with Gasteiger partial charge in [-0.15, -0.1) is 0 Å². The van der Waals surface area contributed by atoms with E-state index in [1.165, 1.54) is 89.9 Å².